The van der Waals surface area contributed by atoms with E-state index in [9.17, 15) is 19.5 Å². The highest BCUT2D eigenvalue weighted by Gasteiger charge is 2.24. The maximum absolute atomic E-state index is 11.7. The van der Waals surface area contributed by atoms with Crippen LogP contribution in [0.2, 0.25) is 0 Å². The highest BCUT2D eigenvalue weighted by molar-refractivity contribution is 6.24. The number of nitrogens with one attached hydrogen (secondary N) is 1. The maximum Gasteiger partial charge on any atom is 0.322 e. The van der Waals surface area contributed by atoms with Crippen LogP contribution >= 0.6 is 0 Å². The molecule has 0 aliphatic heterocycles. The van der Waals surface area contributed by atoms with Crippen molar-refractivity contribution >= 4 is 29.1 Å². The number of carbonyl (C=O) groups is 3. The van der Waals surface area contributed by atoms with Gasteiger partial charge in [-0.15, -0.1) is 0 Å². The van der Waals surface area contributed by atoms with Crippen molar-refractivity contribution < 1.29 is 24.6 Å². The zero-order valence-corrected chi connectivity index (χ0v) is 12.5. The molecule has 1 aromatic rings. The number of hydrogen-bond acceptors (Lipinski definition) is 5. The second-order valence-corrected chi connectivity index (χ2v) is 5.06. The third kappa shape index (κ3) is 4.03. The third-order valence-electron chi connectivity index (χ3n) is 3.32. The molecule has 23 heavy (non-hydrogen) atoms. The molecule has 1 aliphatic rings. The van der Waals surface area contributed by atoms with Crippen LogP contribution < -0.4 is 5.32 Å². The van der Waals surface area contributed by atoms with Gasteiger partial charge in [0, 0.05) is 12.0 Å². The van der Waals surface area contributed by atoms with Gasteiger partial charge in [-0.25, -0.2) is 0 Å². The number of aliphatic hydroxyl groups excluding tert-OH is 1. The number of benzene rings is 1. The first kappa shape index (κ1) is 16.4. The lowest BCUT2D eigenvalue weighted by Gasteiger charge is -2.04. The molecular formula is C16H16N2O5. The van der Waals surface area contributed by atoms with Gasteiger partial charge in [-0.2, -0.15) is 0 Å². The van der Waals surface area contributed by atoms with Gasteiger partial charge in [0.2, 0.25) is 0 Å². The van der Waals surface area contributed by atoms with E-state index in [1.807, 2.05) is 0 Å². The summed E-state index contributed by atoms with van der Waals surface area (Å²) < 4.78 is 0. The van der Waals surface area contributed by atoms with E-state index in [0.717, 1.165) is 0 Å². The number of allylic oxidation sites excluding steroid dienone is 2. The first-order chi connectivity index (χ1) is 10.9. The number of nitrogens with zero attached hydrogens (tertiary/aromatic N) is 1. The molecule has 0 atom stereocenters. The minimum Gasteiger partial charge on any atom is -0.511 e. The Morgan fingerprint density at radius 1 is 1.17 bits per heavy atom. The number of aliphatic hydroxyl groups is 1. The van der Waals surface area contributed by atoms with Crippen molar-refractivity contribution in [2.75, 3.05) is 6.54 Å². The van der Waals surface area contributed by atoms with Crippen molar-refractivity contribution in [1.82, 2.24) is 5.32 Å². The number of carbonyl (C=O) groups excluding carboxylic acids is 2. The van der Waals surface area contributed by atoms with Crippen molar-refractivity contribution in [2.24, 2.45) is 4.99 Å². The molecule has 7 nitrogen and oxygen atoms in total. The van der Waals surface area contributed by atoms with E-state index >= 15 is 0 Å². The number of Topliss-reactive ketones (excluding diaryl/α,β-unsaturated/α-hetero) is 1. The lowest BCUT2D eigenvalue weighted by molar-refractivity contribution is -0.135. The van der Waals surface area contributed by atoms with Gasteiger partial charge in [0.1, 0.15) is 12.3 Å². The molecule has 0 bridgehead atoms. The van der Waals surface area contributed by atoms with Crippen molar-refractivity contribution in [1.29, 1.82) is 0 Å². The Morgan fingerprint density at radius 3 is 2.39 bits per heavy atom. The number of aliphatic carboxylic acids is 1. The van der Waals surface area contributed by atoms with Gasteiger partial charge >= 0.3 is 5.97 Å². The number of ketones is 1. The third-order valence-corrected chi connectivity index (χ3v) is 3.32. The molecule has 0 saturated carbocycles. The zero-order chi connectivity index (χ0) is 17.0. The van der Waals surface area contributed by atoms with Gasteiger partial charge < -0.3 is 15.5 Å². The minimum absolute atomic E-state index is 0.0564. The molecule has 0 aromatic heterocycles. The van der Waals surface area contributed by atoms with E-state index in [1.54, 1.807) is 12.1 Å². The van der Waals surface area contributed by atoms with Gasteiger partial charge in [0.15, 0.2) is 5.78 Å². The number of aliphatic imine (C=N–C) groups is 1. The van der Waals surface area contributed by atoms with E-state index in [4.69, 9.17) is 5.11 Å². The van der Waals surface area contributed by atoms with Crippen LogP contribution in [-0.4, -0.2) is 40.1 Å². The molecule has 1 amide bonds. The van der Waals surface area contributed by atoms with Gasteiger partial charge in [-0.05, 0) is 37.6 Å². The molecule has 0 heterocycles. The summed E-state index contributed by atoms with van der Waals surface area (Å²) in [6.45, 7) is 0.928. The molecule has 0 saturated heterocycles. The number of hydrogen-bond donors (Lipinski definition) is 3. The first-order valence-corrected chi connectivity index (χ1v) is 6.99. The van der Waals surface area contributed by atoms with Crippen LogP contribution in [0.25, 0.3) is 0 Å². The van der Waals surface area contributed by atoms with Crippen LogP contribution in [0.15, 0.2) is 40.6 Å². The molecule has 1 aromatic carbocycles. The van der Waals surface area contributed by atoms with E-state index < -0.39 is 18.4 Å². The minimum atomic E-state index is -1.12. The molecular weight excluding hydrogens is 300 g/mol. The Balaban J connectivity index is 2.14. The fourth-order valence-corrected chi connectivity index (χ4v) is 2.27. The van der Waals surface area contributed by atoms with E-state index in [0.29, 0.717) is 29.8 Å². The summed E-state index contributed by atoms with van der Waals surface area (Å²) in [5, 5.41) is 20.5. The Morgan fingerprint density at radius 2 is 1.83 bits per heavy atom. The van der Waals surface area contributed by atoms with E-state index in [2.05, 4.69) is 10.3 Å². The van der Waals surface area contributed by atoms with Crippen molar-refractivity contribution in [3.63, 3.8) is 0 Å². The molecule has 3 N–H and O–H groups in total. The predicted octanol–water partition coefficient (Wildman–Crippen LogP) is 1.77. The molecule has 0 spiro atoms. The summed E-state index contributed by atoms with van der Waals surface area (Å²) in [4.78, 5) is 38.0. The Hall–Kier alpha value is -2.96. The molecule has 120 valence electrons. The average Bonchev–Trinajstić information content (AvgIpc) is 2.86. The lowest BCUT2D eigenvalue weighted by Crippen LogP contribution is -2.29. The zero-order valence-electron chi connectivity index (χ0n) is 12.5. The summed E-state index contributed by atoms with van der Waals surface area (Å²) in [6, 6.07) is 6.22. The van der Waals surface area contributed by atoms with Crippen LogP contribution in [0.1, 0.15) is 30.1 Å². The molecule has 1 aliphatic carbocycles. The summed E-state index contributed by atoms with van der Waals surface area (Å²) in [5.74, 6) is -1.79. The summed E-state index contributed by atoms with van der Waals surface area (Å²) >= 11 is 0. The second-order valence-electron chi connectivity index (χ2n) is 5.06. The SMILES string of the molecule is CC(=O)C1=C(O)CCC1=Nc1ccc(C(=O)NCC(=O)O)cc1. The highest BCUT2D eigenvalue weighted by Crippen LogP contribution is 2.25. The van der Waals surface area contributed by atoms with Crippen molar-refractivity contribution in [3.05, 3.63) is 41.2 Å². The number of amides is 1. The Labute approximate surface area is 132 Å². The average molecular weight is 316 g/mol. The van der Waals surface area contributed by atoms with Gasteiger partial charge in [0.05, 0.1) is 17.0 Å². The lowest BCUT2D eigenvalue weighted by atomic mass is 10.1. The normalized spacial score (nSPS) is 15.8. The van der Waals surface area contributed by atoms with Crippen LogP contribution in [0, 0.1) is 0 Å². The maximum atomic E-state index is 11.7. The molecule has 2 rings (SSSR count). The van der Waals surface area contributed by atoms with Gasteiger partial charge in [-0.1, -0.05) is 0 Å². The fraction of sp³-hybridized carbons (Fsp3) is 0.250. The van der Waals surface area contributed by atoms with Gasteiger partial charge in [0.25, 0.3) is 5.91 Å². The summed E-state index contributed by atoms with van der Waals surface area (Å²) in [5.41, 5.74) is 1.64. The smallest absolute Gasteiger partial charge is 0.322 e. The summed E-state index contributed by atoms with van der Waals surface area (Å²) in [6.07, 6.45) is 0.880. The molecule has 0 unspecified atom stereocenters. The Bertz CT molecular complexity index is 716. The molecule has 7 heteroatoms. The Kier molecular flexibility index (Phi) is 4.90. The summed E-state index contributed by atoms with van der Waals surface area (Å²) in [7, 11) is 0. The molecule has 0 radical (unpaired) electrons. The predicted molar refractivity (Wildman–Crippen MR) is 83.1 cm³/mol. The fourth-order valence-electron chi connectivity index (χ4n) is 2.27. The first-order valence-electron chi connectivity index (χ1n) is 6.99. The van der Waals surface area contributed by atoms with E-state index in [-0.39, 0.29) is 17.1 Å². The second kappa shape index (κ2) is 6.87. The van der Waals surface area contributed by atoms with Crippen LogP contribution in [0.5, 0.6) is 0 Å². The standard InChI is InChI=1S/C16H16N2O5/c1-9(19)15-12(6-7-13(15)20)18-11-4-2-10(3-5-11)16(23)17-8-14(21)22/h2-5,20H,6-8H2,1H3,(H,17,23)(H,21,22). The highest BCUT2D eigenvalue weighted by atomic mass is 16.4. The van der Waals surface area contributed by atoms with Crippen LogP contribution in [0.3, 0.4) is 0 Å². The largest absolute Gasteiger partial charge is 0.511 e. The van der Waals surface area contributed by atoms with Gasteiger partial charge in [-0.3, -0.25) is 19.4 Å². The van der Waals surface area contributed by atoms with Crippen LogP contribution in [0.4, 0.5) is 5.69 Å². The molecule has 0 fully saturated rings. The quantitative estimate of drug-likeness (QED) is 0.765. The number of carboxylic acid groups (broad SMARTS) is 1. The number of rotatable bonds is 5. The number of carboxylic acids is 1. The van der Waals surface area contributed by atoms with E-state index in [1.165, 1.54) is 19.1 Å². The topological polar surface area (TPSA) is 116 Å². The monoisotopic (exact) mass is 316 g/mol. The van der Waals surface area contributed by atoms with Crippen molar-refractivity contribution in [3.8, 4) is 0 Å². The van der Waals surface area contributed by atoms with Crippen molar-refractivity contribution in [2.45, 2.75) is 19.8 Å². The van der Waals surface area contributed by atoms with Crippen LogP contribution in [-0.2, 0) is 9.59 Å².